The van der Waals surface area contributed by atoms with Crippen LogP contribution in [0.15, 0.2) is 0 Å². The topological polar surface area (TPSA) is 29.1 Å². The van der Waals surface area contributed by atoms with Gasteiger partial charge in [-0.1, -0.05) is 42.4 Å². The molecular weight excluding hydrogens is 190 g/mol. The number of rotatable bonds is 5. The molecule has 0 rings (SSSR count). The van der Waals surface area contributed by atoms with Gasteiger partial charge in [-0.05, 0) is 0 Å². The third-order valence-corrected chi connectivity index (χ3v) is 3.24. The van der Waals surface area contributed by atoms with Gasteiger partial charge in [-0.3, -0.25) is 4.79 Å². The first-order valence-electron chi connectivity index (χ1n) is 4.26. The van der Waals surface area contributed by atoms with Crippen molar-refractivity contribution in [2.24, 2.45) is 0 Å². The summed E-state index contributed by atoms with van der Waals surface area (Å²) in [4.78, 5) is 10.3. The maximum atomic E-state index is 10.3. The Morgan fingerprint density at radius 3 is 2.42 bits per heavy atom. The zero-order chi connectivity index (χ0) is 9.82. The molecular formula is C8H21NOS2. The van der Waals surface area contributed by atoms with Crippen molar-refractivity contribution in [2.75, 3.05) is 18.1 Å². The van der Waals surface area contributed by atoms with Crippen LogP contribution in [0.1, 0.15) is 29.1 Å². The standard InChI is InChI=1S/C6H13NOS2.C2H6.H2/c1-3-9-10-5-4-7-6(2)8;1-2;/h3-5H2,1-2H3,(H,7,8);1-2H3;1H. The Labute approximate surface area is 85.1 Å². The molecule has 0 aromatic carbocycles. The monoisotopic (exact) mass is 211 g/mol. The molecule has 76 valence electrons. The predicted molar refractivity (Wildman–Crippen MR) is 62.7 cm³/mol. The fourth-order valence-electron chi connectivity index (χ4n) is 0.411. The molecule has 12 heavy (non-hydrogen) atoms. The summed E-state index contributed by atoms with van der Waals surface area (Å²) in [7, 11) is 3.62. The van der Waals surface area contributed by atoms with Crippen LogP contribution in [0.4, 0.5) is 0 Å². The van der Waals surface area contributed by atoms with Gasteiger partial charge in [0.25, 0.3) is 0 Å². The van der Waals surface area contributed by atoms with Gasteiger partial charge in [0.15, 0.2) is 0 Å². The zero-order valence-corrected chi connectivity index (χ0v) is 9.98. The number of nitrogens with one attached hydrogen (secondary N) is 1. The number of hydrogen-bond acceptors (Lipinski definition) is 3. The van der Waals surface area contributed by atoms with Crippen LogP contribution >= 0.6 is 21.6 Å². The molecule has 0 bridgehead atoms. The van der Waals surface area contributed by atoms with E-state index in [1.165, 1.54) is 6.92 Å². The molecule has 0 aliphatic heterocycles. The van der Waals surface area contributed by atoms with E-state index in [9.17, 15) is 4.79 Å². The van der Waals surface area contributed by atoms with Crippen molar-refractivity contribution < 1.29 is 6.22 Å². The van der Waals surface area contributed by atoms with Crippen LogP contribution in [-0.4, -0.2) is 24.0 Å². The fraction of sp³-hybridized carbons (Fsp3) is 0.875. The maximum Gasteiger partial charge on any atom is 0.216 e. The van der Waals surface area contributed by atoms with Crippen LogP contribution in [0.2, 0.25) is 0 Å². The van der Waals surface area contributed by atoms with Crippen LogP contribution < -0.4 is 5.32 Å². The molecule has 0 saturated heterocycles. The quantitative estimate of drug-likeness (QED) is 0.560. The second kappa shape index (κ2) is 13.7. The summed E-state index contributed by atoms with van der Waals surface area (Å²) < 4.78 is 0. The molecule has 0 saturated carbocycles. The summed E-state index contributed by atoms with van der Waals surface area (Å²) in [5.74, 6) is 2.19. The van der Waals surface area contributed by atoms with Gasteiger partial charge in [0.1, 0.15) is 0 Å². The van der Waals surface area contributed by atoms with E-state index in [4.69, 9.17) is 0 Å². The number of amides is 1. The van der Waals surface area contributed by atoms with Crippen LogP contribution in [0.25, 0.3) is 0 Å². The van der Waals surface area contributed by atoms with E-state index in [-0.39, 0.29) is 7.33 Å². The molecule has 0 radical (unpaired) electrons. The van der Waals surface area contributed by atoms with Crippen molar-refractivity contribution in [1.29, 1.82) is 0 Å². The number of carbonyl (C=O) groups is 1. The van der Waals surface area contributed by atoms with Crippen molar-refractivity contribution in [3.63, 3.8) is 0 Å². The second-order valence-electron chi connectivity index (χ2n) is 1.71. The molecule has 0 spiro atoms. The molecule has 0 atom stereocenters. The van der Waals surface area contributed by atoms with Crippen molar-refractivity contribution in [1.82, 2.24) is 5.32 Å². The van der Waals surface area contributed by atoms with Crippen molar-refractivity contribution in [3.05, 3.63) is 0 Å². The summed E-state index contributed by atoms with van der Waals surface area (Å²) in [5, 5.41) is 2.73. The first-order valence-corrected chi connectivity index (χ1v) is 6.75. The lowest BCUT2D eigenvalue weighted by Gasteiger charge is -1.99. The summed E-state index contributed by atoms with van der Waals surface area (Å²) >= 11 is 0. The smallest absolute Gasteiger partial charge is 0.216 e. The Balaban J connectivity index is -0.000000309. The highest BCUT2D eigenvalue weighted by atomic mass is 33.1. The molecule has 0 aromatic rings. The molecule has 0 aliphatic carbocycles. The summed E-state index contributed by atoms with van der Waals surface area (Å²) in [6, 6.07) is 0. The minimum absolute atomic E-state index is 0. The number of hydrogen-bond donors (Lipinski definition) is 1. The molecule has 2 nitrogen and oxygen atoms in total. The third kappa shape index (κ3) is 16.6. The van der Waals surface area contributed by atoms with Crippen molar-refractivity contribution >= 4 is 27.5 Å². The molecule has 0 unspecified atom stereocenters. The van der Waals surface area contributed by atoms with Gasteiger partial charge in [-0.2, -0.15) is 0 Å². The number of carbonyl (C=O) groups excluding carboxylic acids is 1. The Morgan fingerprint density at radius 2 is 2.00 bits per heavy atom. The average Bonchev–Trinajstić information content (AvgIpc) is 2.07. The molecule has 0 aromatic heterocycles. The van der Waals surface area contributed by atoms with Crippen LogP contribution in [0, 0.1) is 0 Å². The van der Waals surface area contributed by atoms with E-state index in [1.807, 2.05) is 24.6 Å². The highest BCUT2D eigenvalue weighted by molar-refractivity contribution is 8.76. The van der Waals surface area contributed by atoms with Gasteiger partial charge in [-0.25, -0.2) is 0 Å². The summed E-state index contributed by atoms with van der Waals surface area (Å²) in [6.45, 7) is 8.45. The zero-order valence-electron chi connectivity index (χ0n) is 8.35. The van der Waals surface area contributed by atoms with E-state index in [1.54, 1.807) is 10.8 Å². The SMILES string of the molecule is CC.CCSSCCNC(C)=O.[HH]. The molecule has 0 fully saturated rings. The minimum Gasteiger partial charge on any atom is -0.355 e. The van der Waals surface area contributed by atoms with E-state index in [2.05, 4.69) is 12.2 Å². The van der Waals surface area contributed by atoms with Crippen LogP contribution in [0.3, 0.4) is 0 Å². The van der Waals surface area contributed by atoms with Gasteiger partial charge in [0.2, 0.25) is 5.91 Å². The highest BCUT2D eigenvalue weighted by Gasteiger charge is 1.89. The van der Waals surface area contributed by atoms with Crippen LogP contribution in [-0.2, 0) is 4.79 Å². The van der Waals surface area contributed by atoms with E-state index in [0.717, 1.165) is 18.1 Å². The van der Waals surface area contributed by atoms with Gasteiger partial charge in [-0.15, -0.1) is 0 Å². The van der Waals surface area contributed by atoms with Gasteiger partial charge in [0, 0.05) is 26.4 Å². The average molecular weight is 211 g/mol. The van der Waals surface area contributed by atoms with E-state index < -0.39 is 0 Å². The van der Waals surface area contributed by atoms with E-state index in [0.29, 0.717) is 0 Å². The Bertz CT molecular complexity index is 104. The fourth-order valence-corrected chi connectivity index (χ4v) is 1.98. The second-order valence-corrected chi connectivity index (χ2v) is 4.58. The van der Waals surface area contributed by atoms with Gasteiger partial charge < -0.3 is 5.32 Å². The Hall–Kier alpha value is 0.170. The lowest BCUT2D eigenvalue weighted by atomic mass is 10.6. The lowest BCUT2D eigenvalue weighted by molar-refractivity contribution is -0.118. The predicted octanol–water partition coefficient (Wildman–Crippen LogP) is 2.80. The molecule has 0 heterocycles. The Kier molecular flexibility index (Phi) is 16.8. The normalized spacial score (nSPS) is 8.33. The van der Waals surface area contributed by atoms with Gasteiger partial charge >= 0.3 is 0 Å². The molecule has 1 N–H and O–H groups in total. The van der Waals surface area contributed by atoms with E-state index >= 15 is 0 Å². The first kappa shape index (κ1) is 14.7. The lowest BCUT2D eigenvalue weighted by Crippen LogP contribution is -2.22. The molecule has 1 amide bonds. The maximum absolute atomic E-state index is 10.3. The molecule has 0 aliphatic rings. The van der Waals surface area contributed by atoms with Crippen molar-refractivity contribution in [2.45, 2.75) is 27.7 Å². The van der Waals surface area contributed by atoms with Crippen LogP contribution in [0.5, 0.6) is 0 Å². The minimum atomic E-state index is 0. The largest absolute Gasteiger partial charge is 0.355 e. The van der Waals surface area contributed by atoms with Gasteiger partial charge in [0.05, 0.1) is 0 Å². The first-order chi connectivity index (χ1) is 5.77. The third-order valence-electron chi connectivity index (χ3n) is 0.761. The highest BCUT2D eigenvalue weighted by Crippen LogP contribution is 2.18. The summed E-state index contributed by atoms with van der Waals surface area (Å²) in [6.07, 6.45) is 0. The summed E-state index contributed by atoms with van der Waals surface area (Å²) in [5.41, 5.74) is 0. The Morgan fingerprint density at radius 1 is 1.42 bits per heavy atom. The van der Waals surface area contributed by atoms with Crippen molar-refractivity contribution in [3.8, 4) is 0 Å². The molecule has 4 heteroatoms.